The lowest BCUT2D eigenvalue weighted by Crippen LogP contribution is -2.19. The van der Waals surface area contributed by atoms with Crippen molar-refractivity contribution in [2.75, 3.05) is 23.3 Å². The summed E-state index contributed by atoms with van der Waals surface area (Å²) >= 11 is 0. The van der Waals surface area contributed by atoms with E-state index in [-0.39, 0.29) is 23.6 Å². The topological polar surface area (TPSA) is 67.6 Å². The number of alkyl halides is 3. The smallest absolute Gasteiger partial charge is 0.396 e. The maximum absolute atomic E-state index is 14.5. The van der Waals surface area contributed by atoms with Crippen LogP contribution in [0.1, 0.15) is 48.4 Å². The van der Waals surface area contributed by atoms with E-state index in [9.17, 15) is 22.4 Å². The van der Waals surface area contributed by atoms with Crippen molar-refractivity contribution < 1.29 is 31.5 Å². The Labute approximate surface area is 181 Å². The largest absolute Gasteiger partial charge is 0.487 e. The lowest BCUT2D eigenvalue weighted by Gasteiger charge is -2.16. The van der Waals surface area contributed by atoms with E-state index in [1.807, 2.05) is 0 Å². The fraction of sp³-hybridized carbons (Fsp3) is 0.545. The molecule has 5 rings (SSSR count). The van der Waals surface area contributed by atoms with Gasteiger partial charge in [0.05, 0.1) is 6.10 Å². The van der Waals surface area contributed by atoms with Gasteiger partial charge in [-0.05, 0) is 56.1 Å². The van der Waals surface area contributed by atoms with Gasteiger partial charge in [0.25, 0.3) is 11.9 Å². The highest BCUT2D eigenvalue weighted by molar-refractivity contribution is 6.03. The van der Waals surface area contributed by atoms with Crippen LogP contribution in [-0.2, 0) is 6.42 Å². The molecule has 2 unspecified atom stereocenters. The van der Waals surface area contributed by atoms with Crippen molar-refractivity contribution in [1.29, 1.82) is 0 Å². The molecule has 10 heteroatoms. The second-order valence-corrected chi connectivity index (χ2v) is 8.82. The minimum atomic E-state index is -4.57. The van der Waals surface area contributed by atoms with Gasteiger partial charge in [-0.3, -0.25) is 4.79 Å². The quantitative estimate of drug-likeness (QED) is 0.627. The van der Waals surface area contributed by atoms with Gasteiger partial charge < -0.3 is 19.4 Å². The number of ether oxygens (including phenoxy) is 1. The molecule has 1 aromatic heterocycles. The molecule has 172 valence electrons. The molecule has 2 aliphatic carbocycles. The lowest BCUT2D eigenvalue weighted by atomic mass is 10.2. The Balaban J connectivity index is 1.30. The van der Waals surface area contributed by atoms with Crippen molar-refractivity contribution in [3.63, 3.8) is 0 Å². The number of hydrogen-bond acceptors (Lipinski definition) is 5. The van der Waals surface area contributed by atoms with Crippen molar-refractivity contribution in [3.05, 3.63) is 35.5 Å². The molecule has 1 aromatic carbocycles. The number of aromatic nitrogens is 1. The van der Waals surface area contributed by atoms with E-state index in [2.05, 4.69) is 10.3 Å². The van der Waals surface area contributed by atoms with Crippen LogP contribution in [0.5, 0.6) is 5.75 Å². The average Bonchev–Trinajstić information content (AvgIpc) is 3.14. The van der Waals surface area contributed by atoms with Crippen molar-refractivity contribution >= 4 is 17.6 Å². The molecule has 2 saturated carbocycles. The molecule has 2 atom stereocenters. The molecule has 1 N–H and O–H groups in total. The Morgan fingerprint density at radius 3 is 2.56 bits per heavy atom. The Kier molecular flexibility index (Phi) is 5.25. The monoisotopic (exact) mass is 453 g/mol. The highest BCUT2D eigenvalue weighted by Crippen LogP contribution is 2.52. The molecule has 2 aromatic rings. The number of amides is 1. The Hall–Kier alpha value is -2.78. The molecular formula is C22H23F4N3O3. The summed E-state index contributed by atoms with van der Waals surface area (Å²) in [6, 6.07) is 3.96. The fourth-order valence-electron chi connectivity index (χ4n) is 4.66. The van der Waals surface area contributed by atoms with Gasteiger partial charge in [-0.15, -0.1) is 0 Å². The third-order valence-corrected chi connectivity index (χ3v) is 6.32. The van der Waals surface area contributed by atoms with Crippen LogP contribution in [0, 0.1) is 17.7 Å². The van der Waals surface area contributed by atoms with Crippen LogP contribution in [0.15, 0.2) is 22.6 Å². The van der Waals surface area contributed by atoms with Crippen LogP contribution in [0.3, 0.4) is 0 Å². The average molecular weight is 453 g/mol. The lowest BCUT2D eigenvalue weighted by molar-refractivity contribution is -0.130. The maximum atomic E-state index is 14.5. The number of halogens is 4. The van der Waals surface area contributed by atoms with Gasteiger partial charge >= 0.3 is 6.18 Å². The summed E-state index contributed by atoms with van der Waals surface area (Å²) in [5, 5.41) is 2.42. The van der Waals surface area contributed by atoms with E-state index in [1.165, 1.54) is 18.6 Å². The molecule has 1 saturated heterocycles. The first-order valence-electron chi connectivity index (χ1n) is 10.8. The zero-order chi connectivity index (χ0) is 22.5. The number of nitrogens with one attached hydrogen (secondary N) is 1. The standard InChI is InChI=1S/C22H23F4N3O3/c23-16-10-14(3-4-17(16)31-15-8-12-7-13(12)9-15)27-20(30)19-18(11-22(24,25)26)32-21(28-19)29-5-1-2-6-29/h3-4,10,12-13,15H,1-2,5-9,11H2,(H,27,30). The first kappa shape index (κ1) is 21.1. The van der Waals surface area contributed by atoms with E-state index >= 15 is 0 Å². The number of rotatable bonds is 6. The van der Waals surface area contributed by atoms with Gasteiger partial charge in [0.15, 0.2) is 17.3 Å². The number of carbonyl (C=O) groups is 1. The zero-order valence-corrected chi connectivity index (χ0v) is 17.3. The number of oxazole rings is 1. The van der Waals surface area contributed by atoms with Crippen LogP contribution >= 0.6 is 0 Å². The van der Waals surface area contributed by atoms with Gasteiger partial charge in [-0.1, -0.05) is 0 Å². The third-order valence-electron chi connectivity index (χ3n) is 6.32. The van der Waals surface area contributed by atoms with Crippen LogP contribution in [0.4, 0.5) is 29.3 Å². The van der Waals surface area contributed by atoms with E-state index in [0.717, 1.165) is 31.7 Å². The van der Waals surface area contributed by atoms with E-state index in [0.29, 0.717) is 24.9 Å². The van der Waals surface area contributed by atoms with Gasteiger partial charge in [0.1, 0.15) is 12.2 Å². The Morgan fingerprint density at radius 1 is 1.19 bits per heavy atom. The number of hydrogen-bond donors (Lipinski definition) is 1. The molecule has 0 spiro atoms. The van der Waals surface area contributed by atoms with Crippen molar-refractivity contribution in [3.8, 4) is 5.75 Å². The first-order chi connectivity index (χ1) is 15.2. The molecule has 3 fully saturated rings. The molecule has 32 heavy (non-hydrogen) atoms. The summed E-state index contributed by atoms with van der Waals surface area (Å²) in [4.78, 5) is 18.4. The summed E-state index contributed by atoms with van der Waals surface area (Å²) in [6.45, 7) is 1.20. The molecule has 3 aliphatic rings. The zero-order valence-electron chi connectivity index (χ0n) is 17.3. The Bertz CT molecular complexity index is 1010. The molecule has 6 nitrogen and oxygen atoms in total. The fourth-order valence-corrected chi connectivity index (χ4v) is 4.66. The third kappa shape index (κ3) is 4.54. The summed E-state index contributed by atoms with van der Waals surface area (Å²) < 4.78 is 64.5. The van der Waals surface area contributed by atoms with Crippen LogP contribution in [0.2, 0.25) is 0 Å². The number of anilines is 2. The second kappa shape index (κ2) is 7.97. The molecule has 2 heterocycles. The SMILES string of the molecule is O=C(Nc1ccc(OC2CC3CC3C2)c(F)c1)c1nc(N2CCCC2)oc1CC(F)(F)F. The molecule has 1 amide bonds. The highest BCUT2D eigenvalue weighted by Gasteiger charge is 2.47. The number of fused-ring (bicyclic) bond motifs is 1. The van der Waals surface area contributed by atoms with Gasteiger partial charge in [0.2, 0.25) is 0 Å². The summed E-state index contributed by atoms with van der Waals surface area (Å²) in [5.41, 5.74) is -0.354. The van der Waals surface area contributed by atoms with Gasteiger partial charge in [0, 0.05) is 24.8 Å². The van der Waals surface area contributed by atoms with E-state index in [1.54, 1.807) is 4.90 Å². The summed E-state index contributed by atoms with van der Waals surface area (Å²) in [5.74, 6) is -0.595. The highest BCUT2D eigenvalue weighted by atomic mass is 19.4. The van der Waals surface area contributed by atoms with Gasteiger partial charge in [-0.25, -0.2) is 4.39 Å². The Morgan fingerprint density at radius 2 is 1.91 bits per heavy atom. The molecular weight excluding hydrogens is 430 g/mol. The summed E-state index contributed by atoms with van der Waals surface area (Å²) in [7, 11) is 0. The van der Waals surface area contributed by atoms with E-state index in [4.69, 9.17) is 9.15 Å². The minimum absolute atomic E-state index is 0.00208. The predicted molar refractivity (Wildman–Crippen MR) is 107 cm³/mol. The molecule has 0 radical (unpaired) electrons. The van der Waals surface area contributed by atoms with Crippen LogP contribution < -0.4 is 15.0 Å². The predicted octanol–water partition coefficient (Wildman–Crippen LogP) is 4.95. The molecule has 0 bridgehead atoms. The van der Waals surface area contributed by atoms with Crippen LogP contribution in [0.25, 0.3) is 0 Å². The van der Waals surface area contributed by atoms with E-state index < -0.39 is 35.8 Å². The maximum Gasteiger partial charge on any atom is 0.396 e. The summed E-state index contributed by atoms with van der Waals surface area (Å²) in [6.07, 6.45) is -1.16. The van der Waals surface area contributed by atoms with Crippen LogP contribution in [-0.4, -0.2) is 36.3 Å². The normalized spacial score (nSPS) is 24.5. The first-order valence-corrected chi connectivity index (χ1v) is 10.8. The number of benzene rings is 1. The van der Waals surface area contributed by atoms with Crippen molar-refractivity contribution in [1.82, 2.24) is 4.98 Å². The second-order valence-electron chi connectivity index (χ2n) is 8.82. The minimum Gasteiger partial charge on any atom is -0.487 e. The molecule has 1 aliphatic heterocycles. The van der Waals surface area contributed by atoms with Gasteiger partial charge in [-0.2, -0.15) is 18.2 Å². The number of carbonyl (C=O) groups excluding carboxylic acids is 1. The van der Waals surface area contributed by atoms with Crippen molar-refractivity contribution in [2.45, 2.75) is 50.8 Å². The van der Waals surface area contributed by atoms with Crippen molar-refractivity contribution in [2.24, 2.45) is 11.8 Å². The number of nitrogens with zero attached hydrogens (tertiary/aromatic N) is 2.